The number of rotatable bonds is 6. The van der Waals surface area contributed by atoms with Crippen molar-refractivity contribution >= 4 is 93.4 Å². The van der Waals surface area contributed by atoms with Gasteiger partial charge in [0.1, 0.15) is 29.8 Å². The van der Waals surface area contributed by atoms with Gasteiger partial charge in [-0.25, -0.2) is 22.2 Å². The number of hydrogen-bond acceptors (Lipinski definition) is 10. The van der Waals surface area contributed by atoms with Crippen molar-refractivity contribution in [1.29, 1.82) is 0 Å². The van der Waals surface area contributed by atoms with Crippen LogP contribution in [0.3, 0.4) is 0 Å². The number of carbonyl (C=O) groups excluding carboxylic acids is 3. The van der Waals surface area contributed by atoms with Gasteiger partial charge in [0.15, 0.2) is 21.0 Å². The van der Waals surface area contributed by atoms with Crippen LogP contribution >= 0.6 is 75.3 Å². The molecule has 2 aromatic heterocycles. The van der Waals surface area contributed by atoms with E-state index in [9.17, 15) is 27.2 Å². The topological polar surface area (TPSA) is 165 Å². The summed E-state index contributed by atoms with van der Waals surface area (Å²) < 4.78 is 59.3. The van der Waals surface area contributed by atoms with Gasteiger partial charge < -0.3 is 16.3 Å². The van der Waals surface area contributed by atoms with Gasteiger partial charge in [0.2, 0.25) is 9.47 Å². The van der Waals surface area contributed by atoms with Crippen LogP contribution in [0.4, 0.5) is 17.6 Å². The molecule has 1 N–H and O–H groups in total. The van der Waals surface area contributed by atoms with E-state index in [4.69, 9.17) is 26.4 Å². The summed E-state index contributed by atoms with van der Waals surface area (Å²) >= 11 is 17.5. The Morgan fingerprint density at radius 1 is 0.939 bits per heavy atom. The number of aromatic nitrogens is 6. The minimum Gasteiger partial charge on any atom is -1.00 e. The van der Waals surface area contributed by atoms with Crippen molar-refractivity contribution in [1.82, 2.24) is 29.9 Å². The second-order valence-corrected chi connectivity index (χ2v) is 11.1. The molecule has 1 aliphatic rings. The summed E-state index contributed by atoms with van der Waals surface area (Å²) in [7, 11) is 0. The first-order chi connectivity index (χ1) is 21.8. The molecule has 0 radical (unpaired) electrons. The van der Waals surface area contributed by atoms with Crippen LogP contribution in [0.25, 0.3) is 0 Å². The number of ether oxygens (including phenoxy) is 1. The van der Waals surface area contributed by atoms with Crippen molar-refractivity contribution in [3.05, 3.63) is 89.7 Å². The normalized spacial score (nSPS) is 10.6. The summed E-state index contributed by atoms with van der Waals surface area (Å²) in [5, 5.41) is 18.5. The van der Waals surface area contributed by atoms with Gasteiger partial charge in [0.25, 0.3) is 6.47 Å². The number of benzene rings is 2. The first-order valence-corrected chi connectivity index (χ1v) is 15.8. The average Bonchev–Trinajstić information content (AvgIpc) is 3.78. The molecule has 1 saturated heterocycles. The van der Waals surface area contributed by atoms with Crippen LogP contribution in [0.1, 0.15) is 42.4 Å². The minimum atomic E-state index is -0.893. The molecule has 0 aliphatic carbocycles. The third kappa shape index (κ3) is 23.1. The molecule has 2 aromatic carbocycles. The zero-order valence-electron chi connectivity index (χ0n) is 25.9. The van der Waals surface area contributed by atoms with Crippen molar-refractivity contribution < 1.29 is 151 Å². The maximum atomic E-state index is 13.4. The molecule has 0 amide bonds. The third-order valence-electron chi connectivity index (χ3n) is 4.78. The Bertz CT molecular complexity index is 1560. The van der Waals surface area contributed by atoms with Gasteiger partial charge in [-0.05, 0) is 101 Å². The third-order valence-corrected chi connectivity index (χ3v) is 6.65. The molecule has 0 saturated carbocycles. The quantitative estimate of drug-likeness (QED) is 0.0553. The zero-order chi connectivity index (χ0) is 34.6. The number of halogens is 9. The van der Waals surface area contributed by atoms with Gasteiger partial charge in [-0.1, -0.05) is 7.43 Å². The Hall–Kier alpha value is 0.653. The van der Waals surface area contributed by atoms with E-state index in [1.165, 1.54) is 17.5 Å². The summed E-state index contributed by atoms with van der Waals surface area (Å²) in [4.78, 5) is 41.6. The number of nitrogens with zero attached hydrogens (tertiary/aromatic N) is 5. The van der Waals surface area contributed by atoms with E-state index in [1.807, 2.05) is 0 Å². The Morgan fingerprint density at radius 2 is 1.43 bits per heavy atom. The maximum Gasteiger partial charge on any atom is 1.00 e. The van der Waals surface area contributed by atoms with Crippen LogP contribution in [0.2, 0.25) is 0 Å². The predicted octanol–water partition coefficient (Wildman–Crippen LogP) is 0.668. The average molecular weight is 1030 g/mol. The van der Waals surface area contributed by atoms with Crippen LogP contribution in [-0.2, 0) is 21.0 Å². The zero-order valence-corrected chi connectivity index (χ0v) is 38.2. The minimum absolute atomic E-state index is 0. The molecule has 49 heavy (non-hydrogen) atoms. The molecular weight excluding hydrogens is 1000 g/mol. The van der Waals surface area contributed by atoms with E-state index in [-0.39, 0.29) is 142 Å². The van der Waals surface area contributed by atoms with Crippen molar-refractivity contribution in [3.8, 4) is 0 Å². The first kappa shape index (κ1) is 54.0. The number of nitrogens with one attached hydrogen (secondary N) is 1. The maximum absolute atomic E-state index is 13.4. The molecule has 3 heterocycles. The molecule has 0 unspecified atom stereocenters. The van der Waals surface area contributed by atoms with E-state index < -0.39 is 34.8 Å². The fourth-order valence-electron chi connectivity index (χ4n) is 2.86. The van der Waals surface area contributed by atoms with E-state index in [0.717, 1.165) is 37.5 Å². The number of Topliss-reactive ketones (excluding diaryl/α,β-unsaturated/α-hetero) is 2. The molecule has 1 fully saturated rings. The van der Waals surface area contributed by atoms with Gasteiger partial charge in [-0.2, -0.15) is 9.97 Å². The Kier molecular flexibility index (Phi) is 34.2. The van der Waals surface area contributed by atoms with Crippen LogP contribution in [0.5, 0.6) is 0 Å². The van der Waals surface area contributed by atoms with E-state index in [0.29, 0.717) is 31.1 Å². The van der Waals surface area contributed by atoms with Crippen molar-refractivity contribution in [2.75, 3.05) is 19.1 Å². The predicted molar refractivity (Wildman–Crippen MR) is 174 cm³/mol. The Labute approximate surface area is 403 Å². The number of alkyl halides is 1. The van der Waals surface area contributed by atoms with Crippen molar-refractivity contribution in [2.24, 2.45) is 0 Å². The standard InChI is InChI=1S/C10H5Br2F2N3O.C8H5ClF2O.C4H8O.C2HBr2N3.CH2O3.CH4.2K.H/c11-9-15-10(12)17(16-9)4-8(18)6-2-1-5(13)3-7(6)14;9-4-8(12)6-2-1-5(10)3-7(6)11;1-2-4-5-3-1;3-1-5-2(4)7-6-1;2-1-4-3;;;;/h1-3H,4H2;1-3H,4H2;1-4H2;(H,5,6,7);1,3H;1H4;;;/q;;;;;;2*+1;-1/p-1. The van der Waals surface area contributed by atoms with Crippen molar-refractivity contribution in [3.63, 3.8) is 0 Å². The second kappa shape index (κ2) is 31.0. The fourth-order valence-corrected chi connectivity index (χ4v) is 4.73. The summed E-state index contributed by atoms with van der Waals surface area (Å²) in [6.07, 6.45) is 2.56. The van der Waals surface area contributed by atoms with Crippen LogP contribution in [0.15, 0.2) is 55.3 Å². The Balaban J connectivity index is -0.000000287. The second-order valence-electron chi connectivity index (χ2n) is 7.94. The summed E-state index contributed by atoms with van der Waals surface area (Å²) in [5.74, 6) is -4.58. The monoisotopic (exact) mass is 1020 g/mol. The molecular formula is C26H25Br4ClF4K2N6O6. The molecule has 260 valence electrons. The number of ketones is 2. The van der Waals surface area contributed by atoms with E-state index in [2.05, 4.69) is 93.9 Å². The SMILES string of the molecule is Brc1n[nH]c(Br)n1.C.C1CCOC1.O=C(CCl)c1ccc(F)cc1F.O=C(Cn1nc(Br)nc1Br)c1ccc(F)cc1F.O=CO[O-].[H-].[K+].[K+]. The number of hydrogen-bond donors (Lipinski definition) is 1. The molecule has 0 bridgehead atoms. The fraction of sp³-hybridized carbons (Fsp3) is 0.269. The Morgan fingerprint density at radius 3 is 1.71 bits per heavy atom. The van der Waals surface area contributed by atoms with Crippen molar-refractivity contribution in [2.45, 2.75) is 26.8 Å². The molecule has 12 nitrogen and oxygen atoms in total. The van der Waals surface area contributed by atoms with Gasteiger partial charge in [-0.3, -0.25) is 19.5 Å². The summed E-state index contributed by atoms with van der Waals surface area (Å²) in [6.45, 7) is 1.63. The van der Waals surface area contributed by atoms with Gasteiger partial charge in [0.05, 0.1) is 17.0 Å². The van der Waals surface area contributed by atoms with Crippen LogP contribution in [0, 0.1) is 23.3 Å². The number of H-pyrrole nitrogens is 1. The molecule has 23 heteroatoms. The molecule has 0 spiro atoms. The largest absolute Gasteiger partial charge is 1.00 e. The summed E-state index contributed by atoms with van der Waals surface area (Å²) in [6, 6.07) is 5.55. The molecule has 0 atom stereocenters. The van der Waals surface area contributed by atoms with Gasteiger partial charge >= 0.3 is 103 Å². The van der Waals surface area contributed by atoms with Gasteiger partial charge in [-0.15, -0.1) is 21.8 Å². The molecule has 1 aliphatic heterocycles. The summed E-state index contributed by atoms with van der Waals surface area (Å²) in [5.41, 5.74) is -0.360. The number of aromatic amines is 1. The van der Waals surface area contributed by atoms with Crippen LogP contribution < -0.4 is 108 Å². The molecule has 5 rings (SSSR count). The van der Waals surface area contributed by atoms with E-state index in [1.54, 1.807) is 0 Å². The first-order valence-electron chi connectivity index (χ1n) is 12.1. The van der Waals surface area contributed by atoms with Gasteiger partial charge in [0, 0.05) is 25.3 Å². The van der Waals surface area contributed by atoms with E-state index >= 15 is 0 Å². The molecule has 4 aromatic rings. The smallest absolute Gasteiger partial charge is 1.00 e. The van der Waals surface area contributed by atoms with Crippen LogP contribution in [-0.4, -0.2) is 67.1 Å². The number of carbonyl (C=O) groups is 3.